The number of nitro benzene ring substituents is 1. The van der Waals surface area contributed by atoms with Gasteiger partial charge in [-0.1, -0.05) is 0 Å². The Hall–Kier alpha value is -1.71. The van der Waals surface area contributed by atoms with Crippen molar-refractivity contribution in [2.24, 2.45) is 0 Å². The van der Waals surface area contributed by atoms with Crippen LogP contribution in [0.3, 0.4) is 0 Å². The van der Waals surface area contributed by atoms with Gasteiger partial charge in [-0.25, -0.2) is 4.21 Å². The van der Waals surface area contributed by atoms with Gasteiger partial charge in [0.25, 0.3) is 0 Å². The summed E-state index contributed by atoms with van der Waals surface area (Å²) in [6, 6.07) is 3.29. The Morgan fingerprint density at radius 2 is 2.00 bits per heavy atom. The molecule has 1 atom stereocenters. The lowest BCUT2D eigenvalue weighted by Gasteiger charge is -2.36. The zero-order valence-corrected chi connectivity index (χ0v) is 14.8. The van der Waals surface area contributed by atoms with E-state index >= 15 is 0 Å². The highest BCUT2D eigenvalue weighted by Crippen LogP contribution is 2.34. The van der Waals surface area contributed by atoms with E-state index in [2.05, 4.69) is 9.80 Å². The van der Waals surface area contributed by atoms with E-state index in [1.54, 1.807) is 12.1 Å². The van der Waals surface area contributed by atoms with E-state index < -0.39 is 16.0 Å². The average molecular weight is 357 g/mol. The first-order valence-corrected chi connectivity index (χ1v) is 9.07. The van der Waals surface area contributed by atoms with Gasteiger partial charge in [0.05, 0.1) is 17.8 Å². The first-order chi connectivity index (χ1) is 11.4. The molecule has 1 aliphatic heterocycles. The van der Waals surface area contributed by atoms with E-state index in [1.807, 2.05) is 6.92 Å². The smallest absolute Gasteiger partial charge is 0.311 e. The number of aryl methyl sites for hydroxylation is 1. The lowest BCUT2D eigenvalue weighted by molar-refractivity contribution is -0.385. The minimum Gasteiger partial charge on any atom is -0.490 e. The van der Waals surface area contributed by atoms with Gasteiger partial charge >= 0.3 is 5.69 Å². The second-order valence-corrected chi connectivity index (χ2v) is 6.83. The number of piperazine rings is 1. The van der Waals surface area contributed by atoms with Gasteiger partial charge in [-0.15, -0.1) is 0 Å². The molecule has 1 heterocycles. The molecule has 1 saturated heterocycles. The van der Waals surface area contributed by atoms with Gasteiger partial charge in [-0.05, 0) is 25.5 Å². The fourth-order valence-electron chi connectivity index (χ4n) is 2.93. The van der Waals surface area contributed by atoms with Crippen molar-refractivity contribution >= 4 is 22.5 Å². The van der Waals surface area contributed by atoms with Crippen molar-refractivity contribution in [2.75, 3.05) is 50.5 Å². The van der Waals surface area contributed by atoms with Crippen LogP contribution in [0.25, 0.3) is 0 Å². The predicted molar refractivity (Wildman–Crippen MR) is 93.3 cm³/mol. The largest absolute Gasteiger partial charge is 0.490 e. The van der Waals surface area contributed by atoms with Crippen molar-refractivity contribution in [1.29, 1.82) is 0 Å². The van der Waals surface area contributed by atoms with Crippen molar-refractivity contribution in [2.45, 2.75) is 13.3 Å². The summed E-state index contributed by atoms with van der Waals surface area (Å²) in [5.74, 6) is 0.576. The van der Waals surface area contributed by atoms with Crippen LogP contribution in [0, 0.1) is 17.0 Å². The molecule has 8 nitrogen and oxygen atoms in total. The molecule has 1 fully saturated rings. The summed E-state index contributed by atoms with van der Waals surface area (Å²) in [6.45, 7) is 6.01. The van der Waals surface area contributed by atoms with Crippen molar-refractivity contribution < 1.29 is 18.4 Å². The molecular formula is C15H23N3O5S. The van der Waals surface area contributed by atoms with Gasteiger partial charge in [0.15, 0.2) is 16.8 Å². The van der Waals surface area contributed by atoms with Crippen molar-refractivity contribution in [3.8, 4) is 5.75 Å². The molecular weight excluding hydrogens is 334 g/mol. The molecule has 0 amide bonds. The maximum absolute atomic E-state index is 11.1. The van der Waals surface area contributed by atoms with E-state index in [-0.39, 0.29) is 11.4 Å². The zero-order valence-electron chi connectivity index (χ0n) is 13.9. The normalized spacial score (nSPS) is 16.9. The fourth-order valence-corrected chi connectivity index (χ4v) is 3.31. The third kappa shape index (κ3) is 4.65. The van der Waals surface area contributed by atoms with Gasteiger partial charge in [0.2, 0.25) is 0 Å². The second kappa shape index (κ2) is 8.41. The Morgan fingerprint density at radius 1 is 1.33 bits per heavy atom. The van der Waals surface area contributed by atoms with Crippen LogP contribution in [0.4, 0.5) is 11.4 Å². The van der Waals surface area contributed by atoms with Crippen LogP contribution in [0.2, 0.25) is 0 Å². The molecule has 1 aromatic carbocycles. The predicted octanol–water partition coefficient (Wildman–Crippen LogP) is 1.65. The van der Waals surface area contributed by atoms with E-state index in [4.69, 9.17) is 9.29 Å². The maximum Gasteiger partial charge on any atom is 0.311 e. The first-order valence-electron chi connectivity index (χ1n) is 7.80. The lowest BCUT2D eigenvalue weighted by atomic mass is 10.1. The molecule has 1 N–H and O–H groups in total. The summed E-state index contributed by atoms with van der Waals surface area (Å²) in [4.78, 5) is 15.1. The third-order valence-electron chi connectivity index (χ3n) is 4.20. The number of nitro groups is 1. The second-order valence-electron chi connectivity index (χ2n) is 5.78. The lowest BCUT2D eigenvalue weighted by Crippen LogP contribution is -2.47. The number of anilines is 1. The Morgan fingerprint density at radius 3 is 2.54 bits per heavy atom. The van der Waals surface area contributed by atoms with Gasteiger partial charge < -0.3 is 14.2 Å². The van der Waals surface area contributed by atoms with Crippen molar-refractivity contribution in [1.82, 2.24) is 4.90 Å². The molecule has 0 radical (unpaired) electrons. The van der Waals surface area contributed by atoms with Gasteiger partial charge in [0.1, 0.15) is 0 Å². The third-order valence-corrected chi connectivity index (χ3v) is 4.84. The van der Waals surface area contributed by atoms with Crippen LogP contribution in [0.15, 0.2) is 12.1 Å². The summed E-state index contributed by atoms with van der Waals surface area (Å²) in [7, 11) is 1.44. The molecule has 9 heteroatoms. The highest BCUT2D eigenvalue weighted by molar-refractivity contribution is 7.79. The standard InChI is InChI=1S/C15H23N3O5S/c1-12-10-14(18(19)20)15(23-2)11-13(12)17-7-5-16(6-8-17)4-3-9-24(21)22/h10-11H,3-9H2,1-2H3,(H,21,22). The summed E-state index contributed by atoms with van der Waals surface area (Å²) in [6.07, 6.45) is 0.702. The van der Waals surface area contributed by atoms with Crippen LogP contribution < -0.4 is 9.64 Å². The highest BCUT2D eigenvalue weighted by atomic mass is 32.2. The minimum absolute atomic E-state index is 0.0191. The zero-order chi connectivity index (χ0) is 17.7. The number of benzene rings is 1. The Kier molecular flexibility index (Phi) is 6.52. The Labute approximate surface area is 143 Å². The fraction of sp³-hybridized carbons (Fsp3) is 0.600. The van der Waals surface area contributed by atoms with Gasteiger partial charge in [0, 0.05) is 44.0 Å². The molecule has 2 rings (SSSR count). The van der Waals surface area contributed by atoms with Crippen LogP contribution >= 0.6 is 0 Å². The molecule has 0 aromatic heterocycles. The summed E-state index contributed by atoms with van der Waals surface area (Å²) in [5.41, 5.74) is 1.79. The van der Waals surface area contributed by atoms with E-state index in [9.17, 15) is 14.3 Å². The molecule has 0 spiro atoms. The topological polar surface area (TPSA) is 96.2 Å². The molecule has 0 aliphatic carbocycles. The monoisotopic (exact) mass is 357 g/mol. The number of methoxy groups -OCH3 is 1. The van der Waals surface area contributed by atoms with E-state index in [0.29, 0.717) is 12.2 Å². The summed E-state index contributed by atoms with van der Waals surface area (Å²) >= 11 is -1.73. The molecule has 134 valence electrons. The first kappa shape index (κ1) is 18.6. The van der Waals surface area contributed by atoms with Crippen LogP contribution in [-0.2, 0) is 11.1 Å². The summed E-state index contributed by atoms with van der Waals surface area (Å²) < 4.78 is 24.6. The average Bonchev–Trinajstić information content (AvgIpc) is 2.55. The SMILES string of the molecule is COc1cc(N2CCN(CCCS(=O)O)CC2)c(C)cc1[N+](=O)[O-]. The number of rotatable bonds is 7. The molecule has 1 aromatic rings. The Balaban J connectivity index is 2.01. The number of nitrogens with zero attached hydrogens (tertiary/aromatic N) is 3. The Bertz CT molecular complexity index is 617. The summed E-state index contributed by atoms with van der Waals surface area (Å²) in [5, 5.41) is 11.1. The molecule has 1 unspecified atom stereocenters. The van der Waals surface area contributed by atoms with Crippen LogP contribution in [0.5, 0.6) is 5.75 Å². The van der Waals surface area contributed by atoms with E-state index in [1.165, 1.54) is 7.11 Å². The van der Waals surface area contributed by atoms with E-state index in [0.717, 1.165) is 44.0 Å². The van der Waals surface area contributed by atoms with Gasteiger partial charge in [-0.3, -0.25) is 15.0 Å². The van der Waals surface area contributed by atoms with Gasteiger partial charge in [-0.2, -0.15) is 0 Å². The quantitative estimate of drug-likeness (QED) is 0.450. The highest BCUT2D eigenvalue weighted by Gasteiger charge is 2.23. The molecule has 1 aliphatic rings. The maximum atomic E-state index is 11.1. The molecule has 0 saturated carbocycles. The number of ether oxygens (including phenoxy) is 1. The van der Waals surface area contributed by atoms with Crippen molar-refractivity contribution in [3.05, 3.63) is 27.8 Å². The molecule has 0 bridgehead atoms. The minimum atomic E-state index is -1.73. The molecule has 24 heavy (non-hydrogen) atoms. The van der Waals surface area contributed by atoms with Crippen LogP contribution in [-0.4, -0.2) is 64.2 Å². The number of hydrogen-bond donors (Lipinski definition) is 1. The van der Waals surface area contributed by atoms with Crippen LogP contribution in [0.1, 0.15) is 12.0 Å². The number of hydrogen-bond acceptors (Lipinski definition) is 6. The van der Waals surface area contributed by atoms with Crippen molar-refractivity contribution in [3.63, 3.8) is 0 Å².